The molecule has 1 aromatic heterocycles. The third kappa shape index (κ3) is 5.05. The second-order valence-electron chi connectivity index (χ2n) is 3.91. The topological polar surface area (TPSA) is 98.6 Å². The first-order chi connectivity index (χ1) is 9.58. The van der Waals surface area contributed by atoms with Crippen LogP contribution in [0.1, 0.15) is 11.7 Å². The molecule has 9 heteroatoms. The number of methoxy groups -OCH3 is 1. The smallest absolute Gasteiger partial charge is 0.223 e. The number of guanidine groups is 1. The van der Waals surface area contributed by atoms with Gasteiger partial charge in [0.15, 0.2) is 11.8 Å². The van der Waals surface area contributed by atoms with Gasteiger partial charge in [-0.25, -0.2) is 4.99 Å². The Balaban J connectivity index is 0.00000220. The van der Waals surface area contributed by atoms with Crippen LogP contribution in [0.4, 0.5) is 5.69 Å². The summed E-state index contributed by atoms with van der Waals surface area (Å²) in [5, 5.41) is 7.12. The highest BCUT2D eigenvalue weighted by Crippen LogP contribution is 2.26. The number of rotatable bonds is 4. The first-order valence-corrected chi connectivity index (χ1v) is 6.16. The normalized spacial score (nSPS) is 10.9. The number of halogens is 2. The Hall–Kier alpha value is -1.55. The van der Waals surface area contributed by atoms with Crippen molar-refractivity contribution in [3.63, 3.8) is 0 Å². The lowest BCUT2D eigenvalue weighted by Gasteiger charge is -2.08. The fraction of sp³-hybridized carbons (Fsp3) is 0.250. The summed E-state index contributed by atoms with van der Waals surface area (Å²) in [6, 6.07) is 5.22. The van der Waals surface area contributed by atoms with E-state index in [0.29, 0.717) is 28.2 Å². The Morgan fingerprint density at radius 1 is 1.52 bits per heavy atom. The molecule has 0 atom stereocenters. The first-order valence-electron chi connectivity index (χ1n) is 5.78. The molecule has 0 amide bonds. The lowest BCUT2D eigenvalue weighted by molar-refractivity contribution is 0.387. The number of nitrogens with one attached hydrogen (secondary N) is 1. The average Bonchev–Trinajstić information content (AvgIpc) is 2.82. The van der Waals surface area contributed by atoms with Crippen LogP contribution in [0.25, 0.3) is 0 Å². The van der Waals surface area contributed by atoms with Crippen LogP contribution in [-0.4, -0.2) is 23.2 Å². The van der Waals surface area contributed by atoms with Crippen LogP contribution in [0, 0.1) is 6.92 Å². The van der Waals surface area contributed by atoms with Gasteiger partial charge in [0, 0.05) is 12.6 Å². The highest BCUT2D eigenvalue weighted by molar-refractivity contribution is 14.0. The molecular formula is C12H15ClIN5O2. The number of hydrogen-bond acceptors (Lipinski definition) is 5. The van der Waals surface area contributed by atoms with E-state index in [2.05, 4.69) is 20.4 Å². The molecule has 0 aliphatic carbocycles. The van der Waals surface area contributed by atoms with Crippen LogP contribution in [-0.2, 0) is 6.54 Å². The largest absolute Gasteiger partial charge is 0.495 e. The van der Waals surface area contributed by atoms with Gasteiger partial charge in [0.05, 0.1) is 12.1 Å². The summed E-state index contributed by atoms with van der Waals surface area (Å²) in [6.07, 6.45) is 0. The molecule has 21 heavy (non-hydrogen) atoms. The lowest BCUT2D eigenvalue weighted by atomic mass is 10.3. The van der Waals surface area contributed by atoms with Crippen LogP contribution in [0.2, 0.25) is 5.02 Å². The van der Waals surface area contributed by atoms with E-state index >= 15 is 0 Å². The summed E-state index contributed by atoms with van der Waals surface area (Å²) in [6.45, 7) is 1.95. The summed E-state index contributed by atoms with van der Waals surface area (Å²) >= 11 is 6.01. The lowest BCUT2D eigenvalue weighted by Crippen LogP contribution is -2.22. The van der Waals surface area contributed by atoms with Gasteiger partial charge in [0.2, 0.25) is 5.89 Å². The third-order valence-electron chi connectivity index (χ3n) is 2.38. The molecular weight excluding hydrogens is 409 g/mol. The molecule has 1 aromatic carbocycles. The van der Waals surface area contributed by atoms with Crippen molar-refractivity contribution < 1.29 is 9.26 Å². The maximum atomic E-state index is 6.01. The predicted molar refractivity (Wildman–Crippen MR) is 91.4 cm³/mol. The second kappa shape index (κ2) is 8.03. The predicted octanol–water partition coefficient (Wildman–Crippen LogP) is 2.58. The monoisotopic (exact) mass is 423 g/mol. The number of nitrogens with zero attached hydrogens (tertiary/aromatic N) is 3. The Morgan fingerprint density at radius 2 is 2.29 bits per heavy atom. The molecule has 0 saturated heterocycles. The van der Waals surface area contributed by atoms with Gasteiger partial charge in [-0.1, -0.05) is 16.8 Å². The molecule has 114 valence electrons. The molecule has 0 saturated carbocycles. The van der Waals surface area contributed by atoms with E-state index in [-0.39, 0.29) is 36.5 Å². The minimum Gasteiger partial charge on any atom is -0.495 e. The number of nitrogens with two attached hydrogens (primary N) is 1. The molecule has 2 rings (SSSR count). The fourth-order valence-electron chi connectivity index (χ4n) is 1.49. The zero-order valence-electron chi connectivity index (χ0n) is 11.5. The maximum absolute atomic E-state index is 6.01. The Labute approximate surface area is 143 Å². The molecule has 2 aromatic rings. The Kier molecular flexibility index (Phi) is 6.69. The number of benzene rings is 1. The SMILES string of the molecule is COc1ccc(NC(N)=NCc2noc(C)n2)cc1Cl.I. The van der Waals surface area contributed by atoms with Gasteiger partial charge in [-0.15, -0.1) is 24.0 Å². The van der Waals surface area contributed by atoms with Crippen molar-refractivity contribution in [2.75, 3.05) is 12.4 Å². The van der Waals surface area contributed by atoms with Crippen LogP contribution >= 0.6 is 35.6 Å². The highest BCUT2D eigenvalue weighted by atomic mass is 127. The van der Waals surface area contributed by atoms with Crippen molar-refractivity contribution in [1.82, 2.24) is 10.1 Å². The molecule has 0 unspecified atom stereocenters. The molecule has 7 nitrogen and oxygen atoms in total. The summed E-state index contributed by atoms with van der Waals surface area (Å²) in [4.78, 5) is 8.12. The number of aliphatic imine (C=N–C) groups is 1. The van der Waals surface area contributed by atoms with Gasteiger partial charge in [-0.2, -0.15) is 4.98 Å². The zero-order chi connectivity index (χ0) is 14.5. The van der Waals surface area contributed by atoms with Crippen molar-refractivity contribution in [2.45, 2.75) is 13.5 Å². The van der Waals surface area contributed by atoms with E-state index < -0.39 is 0 Å². The molecule has 0 aliphatic heterocycles. The van der Waals surface area contributed by atoms with Crippen molar-refractivity contribution in [2.24, 2.45) is 10.7 Å². The number of aryl methyl sites for hydroxylation is 1. The summed E-state index contributed by atoms with van der Waals surface area (Å²) in [5.41, 5.74) is 6.47. The van der Waals surface area contributed by atoms with Gasteiger partial charge in [0.1, 0.15) is 12.3 Å². The van der Waals surface area contributed by atoms with Gasteiger partial charge in [-0.05, 0) is 18.2 Å². The summed E-state index contributed by atoms with van der Waals surface area (Å²) in [7, 11) is 1.55. The van der Waals surface area contributed by atoms with Crippen LogP contribution < -0.4 is 15.8 Å². The number of aromatic nitrogens is 2. The molecule has 0 spiro atoms. The van der Waals surface area contributed by atoms with E-state index in [1.165, 1.54) is 0 Å². The van der Waals surface area contributed by atoms with Crippen LogP contribution in [0.5, 0.6) is 5.75 Å². The maximum Gasteiger partial charge on any atom is 0.223 e. The quantitative estimate of drug-likeness (QED) is 0.445. The van der Waals surface area contributed by atoms with Crippen LogP contribution in [0.15, 0.2) is 27.7 Å². The molecule has 0 bridgehead atoms. The number of hydrogen-bond donors (Lipinski definition) is 2. The van der Waals surface area contributed by atoms with Crippen molar-refractivity contribution in [3.8, 4) is 5.75 Å². The molecule has 3 N–H and O–H groups in total. The van der Waals surface area contributed by atoms with Crippen molar-refractivity contribution in [3.05, 3.63) is 34.9 Å². The molecule has 0 radical (unpaired) electrons. The van der Waals surface area contributed by atoms with E-state index in [1.54, 1.807) is 32.2 Å². The Morgan fingerprint density at radius 3 is 2.86 bits per heavy atom. The number of anilines is 1. The van der Waals surface area contributed by atoms with Crippen LogP contribution in [0.3, 0.4) is 0 Å². The standard InChI is InChI=1S/C12H14ClN5O2.HI/c1-7-16-11(18-20-7)6-15-12(14)17-8-3-4-10(19-2)9(13)5-8;/h3-5H,6H2,1-2H3,(H3,14,15,17);1H. The van der Waals surface area contributed by atoms with E-state index in [0.717, 1.165) is 0 Å². The van der Waals surface area contributed by atoms with E-state index in [4.69, 9.17) is 26.6 Å². The minimum absolute atomic E-state index is 0. The Bertz CT molecular complexity index is 632. The fourth-order valence-corrected chi connectivity index (χ4v) is 1.75. The summed E-state index contributed by atoms with van der Waals surface area (Å²) in [5.74, 6) is 1.78. The summed E-state index contributed by atoms with van der Waals surface area (Å²) < 4.78 is 9.90. The van der Waals surface area contributed by atoms with Gasteiger partial charge >= 0.3 is 0 Å². The third-order valence-corrected chi connectivity index (χ3v) is 2.68. The molecule has 0 aliphatic rings. The minimum atomic E-state index is 0. The average molecular weight is 424 g/mol. The van der Waals surface area contributed by atoms with E-state index in [1.807, 2.05) is 0 Å². The first kappa shape index (κ1) is 17.5. The molecule has 0 fully saturated rings. The van der Waals surface area contributed by atoms with Crippen molar-refractivity contribution >= 4 is 47.2 Å². The van der Waals surface area contributed by atoms with Gasteiger partial charge < -0.3 is 20.3 Å². The number of ether oxygens (including phenoxy) is 1. The van der Waals surface area contributed by atoms with E-state index in [9.17, 15) is 0 Å². The van der Waals surface area contributed by atoms with Gasteiger partial charge in [-0.3, -0.25) is 0 Å². The second-order valence-corrected chi connectivity index (χ2v) is 4.31. The zero-order valence-corrected chi connectivity index (χ0v) is 14.5. The van der Waals surface area contributed by atoms with Gasteiger partial charge in [0.25, 0.3) is 0 Å². The highest BCUT2D eigenvalue weighted by Gasteiger charge is 2.04. The van der Waals surface area contributed by atoms with Crippen molar-refractivity contribution in [1.29, 1.82) is 0 Å². The molecule has 1 heterocycles.